The van der Waals surface area contributed by atoms with Crippen molar-refractivity contribution in [3.8, 4) is 5.75 Å². The van der Waals surface area contributed by atoms with Crippen molar-refractivity contribution in [3.05, 3.63) is 29.8 Å². The molecule has 0 fully saturated rings. The van der Waals surface area contributed by atoms with E-state index in [9.17, 15) is 4.79 Å². The minimum atomic E-state index is 0.0339. The van der Waals surface area contributed by atoms with Crippen LogP contribution < -0.4 is 15.4 Å². The van der Waals surface area contributed by atoms with Gasteiger partial charge in [-0.15, -0.1) is 0 Å². The van der Waals surface area contributed by atoms with E-state index in [1.807, 2.05) is 38.1 Å². The molecule has 2 N–H and O–H groups in total. The highest BCUT2D eigenvalue weighted by molar-refractivity contribution is 5.77. The maximum absolute atomic E-state index is 11.5. The van der Waals surface area contributed by atoms with Gasteiger partial charge < -0.3 is 15.4 Å². The molecule has 1 amide bonds. The van der Waals surface area contributed by atoms with Gasteiger partial charge in [-0.3, -0.25) is 4.79 Å². The summed E-state index contributed by atoms with van der Waals surface area (Å²) in [6.45, 7) is 5.13. The average molecular weight is 250 g/mol. The maximum Gasteiger partial charge on any atom is 0.233 e. The predicted molar refractivity (Wildman–Crippen MR) is 72.7 cm³/mol. The van der Waals surface area contributed by atoms with Crippen LogP contribution >= 0.6 is 0 Å². The Morgan fingerprint density at radius 3 is 2.89 bits per heavy atom. The molecule has 1 atom stereocenters. The molecular weight excluding hydrogens is 228 g/mol. The fourth-order valence-corrected chi connectivity index (χ4v) is 1.60. The number of hydrogen-bond donors (Lipinski definition) is 2. The lowest BCUT2D eigenvalue weighted by Gasteiger charge is -2.14. The van der Waals surface area contributed by atoms with Crippen molar-refractivity contribution < 1.29 is 9.53 Å². The summed E-state index contributed by atoms with van der Waals surface area (Å²) >= 11 is 0. The Kier molecular flexibility index (Phi) is 6.22. The van der Waals surface area contributed by atoms with E-state index in [0.29, 0.717) is 6.54 Å². The number of benzene rings is 1. The van der Waals surface area contributed by atoms with Crippen molar-refractivity contribution in [1.82, 2.24) is 10.6 Å². The summed E-state index contributed by atoms with van der Waals surface area (Å²) in [5.74, 6) is 0.864. The zero-order valence-corrected chi connectivity index (χ0v) is 11.3. The fourth-order valence-electron chi connectivity index (χ4n) is 1.60. The number of ether oxygens (including phenoxy) is 1. The summed E-state index contributed by atoms with van der Waals surface area (Å²) in [5, 5.41) is 6.03. The summed E-state index contributed by atoms with van der Waals surface area (Å²) in [6, 6.07) is 7.96. The van der Waals surface area contributed by atoms with Crippen molar-refractivity contribution in [3.63, 3.8) is 0 Å². The van der Waals surface area contributed by atoms with E-state index in [1.54, 1.807) is 7.11 Å². The zero-order valence-electron chi connectivity index (χ0n) is 11.3. The van der Waals surface area contributed by atoms with E-state index >= 15 is 0 Å². The normalized spacial score (nSPS) is 11.9. The quantitative estimate of drug-likeness (QED) is 0.776. The van der Waals surface area contributed by atoms with Crippen LogP contribution in [0, 0.1) is 0 Å². The topological polar surface area (TPSA) is 50.4 Å². The van der Waals surface area contributed by atoms with Gasteiger partial charge in [-0.25, -0.2) is 0 Å². The molecule has 0 aliphatic rings. The number of methoxy groups -OCH3 is 1. The molecule has 1 aromatic rings. The van der Waals surface area contributed by atoms with Crippen LogP contribution in [0.3, 0.4) is 0 Å². The van der Waals surface area contributed by atoms with Gasteiger partial charge >= 0.3 is 0 Å². The zero-order chi connectivity index (χ0) is 13.4. The lowest BCUT2D eigenvalue weighted by Crippen LogP contribution is -2.35. The van der Waals surface area contributed by atoms with Gasteiger partial charge in [0.25, 0.3) is 0 Å². The molecule has 0 radical (unpaired) electrons. The fraction of sp³-hybridized carbons (Fsp3) is 0.500. The summed E-state index contributed by atoms with van der Waals surface area (Å²) in [5.41, 5.74) is 1.11. The van der Waals surface area contributed by atoms with E-state index in [0.717, 1.165) is 24.3 Å². The van der Waals surface area contributed by atoms with Gasteiger partial charge in [0.05, 0.1) is 13.7 Å². The SMILES string of the molecule is CCCNC(=O)CN[C@H](C)c1cccc(OC)c1. The van der Waals surface area contributed by atoms with Gasteiger partial charge in [0, 0.05) is 12.6 Å². The van der Waals surface area contributed by atoms with E-state index in [4.69, 9.17) is 4.74 Å². The molecule has 0 bridgehead atoms. The molecule has 1 aromatic carbocycles. The first kappa shape index (κ1) is 14.5. The van der Waals surface area contributed by atoms with Crippen molar-refractivity contribution >= 4 is 5.91 Å². The van der Waals surface area contributed by atoms with Gasteiger partial charge in [-0.05, 0) is 31.0 Å². The van der Waals surface area contributed by atoms with Gasteiger partial charge in [0.15, 0.2) is 0 Å². The van der Waals surface area contributed by atoms with Crippen LogP contribution in [0.15, 0.2) is 24.3 Å². The number of hydrogen-bond acceptors (Lipinski definition) is 3. The molecule has 0 unspecified atom stereocenters. The monoisotopic (exact) mass is 250 g/mol. The average Bonchev–Trinajstić information content (AvgIpc) is 2.42. The number of carbonyl (C=O) groups excluding carboxylic acids is 1. The number of rotatable bonds is 7. The number of nitrogens with one attached hydrogen (secondary N) is 2. The van der Waals surface area contributed by atoms with Crippen LogP contribution in [0.2, 0.25) is 0 Å². The van der Waals surface area contributed by atoms with Gasteiger partial charge in [-0.2, -0.15) is 0 Å². The van der Waals surface area contributed by atoms with Crippen LogP contribution in [0.5, 0.6) is 5.75 Å². The first-order valence-electron chi connectivity index (χ1n) is 6.31. The van der Waals surface area contributed by atoms with Crippen LogP contribution in [0.4, 0.5) is 0 Å². The molecule has 0 saturated heterocycles. The molecule has 4 heteroatoms. The smallest absolute Gasteiger partial charge is 0.233 e. The van der Waals surface area contributed by atoms with Crippen molar-refractivity contribution in [2.75, 3.05) is 20.2 Å². The molecular formula is C14H22N2O2. The van der Waals surface area contributed by atoms with Crippen molar-refractivity contribution in [1.29, 1.82) is 0 Å². The highest BCUT2D eigenvalue weighted by atomic mass is 16.5. The Morgan fingerprint density at radius 1 is 1.44 bits per heavy atom. The summed E-state index contributed by atoms with van der Waals surface area (Å²) in [4.78, 5) is 11.5. The molecule has 0 aliphatic heterocycles. The van der Waals surface area contributed by atoms with Crippen molar-refractivity contribution in [2.45, 2.75) is 26.3 Å². The summed E-state index contributed by atoms with van der Waals surface area (Å²) in [7, 11) is 1.65. The molecule has 100 valence electrons. The van der Waals surface area contributed by atoms with Crippen LogP contribution in [-0.4, -0.2) is 26.1 Å². The first-order valence-corrected chi connectivity index (χ1v) is 6.31. The number of amides is 1. The largest absolute Gasteiger partial charge is 0.497 e. The molecule has 0 aromatic heterocycles. The third-order valence-corrected chi connectivity index (χ3v) is 2.73. The Labute approximate surface area is 109 Å². The molecule has 0 heterocycles. The number of carbonyl (C=O) groups is 1. The summed E-state index contributed by atoms with van der Waals surface area (Å²) in [6.07, 6.45) is 0.956. The highest BCUT2D eigenvalue weighted by Gasteiger charge is 2.07. The lowest BCUT2D eigenvalue weighted by molar-refractivity contribution is -0.120. The first-order chi connectivity index (χ1) is 8.67. The Bertz CT molecular complexity index is 380. The third-order valence-electron chi connectivity index (χ3n) is 2.73. The second kappa shape index (κ2) is 7.71. The van der Waals surface area contributed by atoms with E-state index in [1.165, 1.54) is 0 Å². The third kappa shape index (κ3) is 4.75. The van der Waals surface area contributed by atoms with Crippen LogP contribution in [0.25, 0.3) is 0 Å². The lowest BCUT2D eigenvalue weighted by atomic mass is 10.1. The predicted octanol–water partition coefficient (Wildman–Crippen LogP) is 1.87. The van der Waals surface area contributed by atoms with Gasteiger partial charge in [0.1, 0.15) is 5.75 Å². The second-order valence-corrected chi connectivity index (χ2v) is 4.23. The van der Waals surface area contributed by atoms with Gasteiger partial charge in [-0.1, -0.05) is 19.1 Å². The van der Waals surface area contributed by atoms with Crippen LogP contribution in [0.1, 0.15) is 31.9 Å². The minimum Gasteiger partial charge on any atom is -0.497 e. The molecule has 0 saturated carbocycles. The molecule has 0 spiro atoms. The van der Waals surface area contributed by atoms with Gasteiger partial charge in [0.2, 0.25) is 5.91 Å². The molecule has 18 heavy (non-hydrogen) atoms. The standard InChI is InChI=1S/C14H22N2O2/c1-4-8-15-14(17)10-16-11(2)12-6-5-7-13(9-12)18-3/h5-7,9,11,16H,4,8,10H2,1-3H3,(H,15,17)/t11-/m1/s1. The Hall–Kier alpha value is -1.55. The molecule has 4 nitrogen and oxygen atoms in total. The van der Waals surface area contributed by atoms with E-state index < -0.39 is 0 Å². The Balaban J connectivity index is 2.44. The highest BCUT2D eigenvalue weighted by Crippen LogP contribution is 2.18. The maximum atomic E-state index is 11.5. The second-order valence-electron chi connectivity index (χ2n) is 4.23. The van der Waals surface area contributed by atoms with E-state index in [-0.39, 0.29) is 11.9 Å². The molecule has 0 aliphatic carbocycles. The minimum absolute atomic E-state index is 0.0339. The van der Waals surface area contributed by atoms with Crippen molar-refractivity contribution in [2.24, 2.45) is 0 Å². The Morgan fingerprint density at radius 2 is 2.22 bits per heavy atom. The molecule has 1 rings (SSSR count). The van der Waals surface area contributed by atoms with E-state index in [2.05, 4.69) is 10.6 Å². The van der Waals surface area contributed by atoms with Crippen LogP contribution in [-0.2, 0) is 4.79 Å². The summed E-state index contributed by atoms with van der Waals surface area (Å²) < 4.78 is 5.18.